The van der Waals surface area contributed by atoms with Crippen LogP contribution < -0.4 is 5.73 Å². The van der Waals surface area contributed by atoms with E-state index < -0.39 is 6.03 Å². The van der Waals surface area contributed by atoms with Gasteiger partial charge in [0.2, 0.25) is 0 Å². The Morgan fingerprint density at radius 3 is 2.31 bits per heavy atom. The zero-order chi connectivity index (χ0) is 10.2. The summed E-state index contributed by atoms with van der Waals surface area (Å²) >= 11 is 0. The van der Waals surface area contributed by atoms with Crippen molar-refractivity contribution in [3.05, 3.63) is 12.3 Å². The molecule has 0 saturated heterocycles. The molecule has 1 aliphatic rings. The molecule has 1 atom stereocenters. The quantitative estimate of drug-likeness (QED) is 0.612. The van der Waals surface area contributed by atoms with Gasteiger partial charge in [-0.3, -0.25) is 5.01 Å². The van der Waals surface area contributed by atoms with Gasteiger partial charge in [-0.2, -0.15) is 0 Å². The zero-order valence-corrected chi connectivity index (χ0v) is 8.61. The van der Waals surface area contributed by atoms with Gasteiger partial charge in [0.25, 0.3) is 0 Å². The van der Waals surface area contributed by atoms with E-state index in [4.69, 9.17) is 5.73 Å². The first-order valence-electron chi connectivity index (χ1n) is 4.34. The summed E-state index contributed by atoms with van der Waals surface area (Å²) in [5.41, 5.74) is 5.29. The van der Waals surface area contributed by atoms with Crippen molar-refractivity contribution in [1.82, 2.24) is 10.0 Å². The van der Waals surface area contributed by atoms with Crippen molar-refractivity contribution in [1.29, 1.82) is 0 Å². The van der Waals surface area contributed by atoms with E-state index in [1.165, 1.54) is 0 Å². The zero-order valence-electron chi connectivity index (χ0n) is 8.61. The van der Waals surface area contributed by atoms with Crippen LogP contribution in [0.15, 0.2) is 12.3 Å². The van der Waals surface area contributed by atoms with Crippen LogP contribution in [0.3, 0.4) is 0 Å². The molecule has 0 aromatic carbocycles. The van der Waals surface area contributed by atoms with Gasteiger partial charge >= 0.3 is 6.03 Å². The minimum Gasteiger partial charge on any atom is -0.350 e. The van der Waals surface area contributed by atoms with E-state index in [2.05, 4.69) is 20.8 Å². The smallest absolute Gasteiger partial charge is 0.334 e. The second-order valence-corrected chi connectivity index (χ2v) is 4.41. The summed E-state index contributed by atoms with van der Waals surface area (Å²) < 4.78 is 0. The topological polar surface area (TPSA) is 49.6 Å². The van der Waals surface area contributed by atoms with Crippen molar-refractivity contribution in [2.45, 2.75) is 26.8 Å². The molecular formula is C9H17N3O. The number of carbonyl (C=O) groups excluding carboxylic acids is 1. The predicted molar refractivity (Wildman–Crippen MR) is 51.6 cm³/mol. The number of hydrogen-bond donors (Lipinski definition) is 1. The number of rotatable bonds is 0. The summed E-state index contributed by atoms with van der Waals surface area (Å²) in [4.78, 5) is 11.1. The highest BCUT2D eigenvalue weighted by Crippen LogP contribution is 2.29. The van der Waals surface area contributed by atoms with Crippen molar-refractivity contribution < 1.29 is 4.79 Å². The highest BCUT2D eigenvalue weighted by Gasteiger charge is 2.35. The van der Waals surface area contributed by atoms with Crippen molar-refractivity contribution in [2.24, 2.45) is 11.1 Å². The molecule has 1 heterocycles. The lowest BCUT2D eigenvalue weighted by molar-refractivity contribution is 0.0434. The average molecular weight is 183 g/mol. The lowest BCUT2D eigenvalue weighted by Crippen LogP contribution is -2.51. The first-order chi connectivity index (χ1) is 5.84. The molecule has 74 valence electrons. The summed E-state index contributed by atoms with van der Waals surface area (Å²) in [5.74, 6) is 0. The van der Waals surface area contributed by atoms with Crippen molar-refractivity contribution >= 4 is 6.03 Å². The number of hydrazine groups is 1. The summed E-state index contributed by atoms with van der Waals surface area (Å²) in [6, 6.07) is -0.359. The number of hydrogen-bond acceptors (Lipinski definition) is 2. The first-order valence-corrected chi connectivity index (χ1v) is 4.34. The number of urea groups is 1. The van der Waals surface area contributed by atoms with Gasteiger partial charge in [-0.15, -0.1) is 0 Å². The molecule has 1 rings (SSSR count). The van der Waals surface area contributed by atoms with E-state index in [9.17, 15) is 4.79 Å². The highest BCUT2D eigenvalue weighted by atomic mass is 16.2. The summed E-state index contributed by atoms with van der Waals surface area (Å²) in [6.45, 7) is 6.24. The Morgan fingerprint density at radius 2 is 2.00 bits per heavy atom. The number of carbonyl (C=O) groups is 1. The van der Waals surface area contributed by atoms with Crippen LogP contribution in [0.1, 0.15) is 20.8 Å². The molecule has 0 radical (unpaired) electrons. The van der Waals surface area contributed by atoms with E-state index >= 15 is 0 Å². The van der Waals surface area contributed by atoms with E-state index in [1.807, 2.05) is 19.3 Å². The molecule has 4 nitrogen and oxygen atoms in total. The molecule has 13 heavy (non-hydrogen) atoms. The fourth-order valence-electron chi connectivity index (χ4n) is 1.50. The molecule has 2 amide bonds. The summed E-state index contributed by atoms with van der Waals surface area (Å²) in [7, 11) is 1.81. The van der Waals surface area contributed by atoms with Gasteiger partial charge in [0.05, 0.1) is 6.04 Å². The van der Waals surface area contributed by atoms with E-state index in [0.29, 0.717) is 0 Å². The number of amides is 2. The number of nitrogens with zero attached hydrogens (tertiary/aromatic N) is 2. The molecule has 0 saturated carbocycles. The maximum Gasteiger partial charge on any atom is 0.334 e. The Bertz CT molecular complexity index is 242. The molecule has 1 unspecified atom stereocenters. The molecule has 0 bridgehead atoms. The Hall–Kier alpha value is -1.19. The third-order valence-corrected chi connectivity index (χ3v) is 2.20. The third kappa shape index (κ3) is 1.76. The normalized spacial score (nSPS) is 22.6. The molecule has 2 N–H and O–H groups in total. The van der Waals surface area contributed by atoms with Crippen LogP contribution in [-0.4, -0.2) is 29.1 Å². The lowest BCUT2D eigenvalue weighted by Gasteiger charge is -2.36. The third-order valence-electron chi connectivity index (χ3n) is 2.20. The van der Waals surface area contributed by atoms with E-state index in [0.717, 1.165) is 0 Å². The minimum atomic E-state index is -0.410. The van der Waals surface area contributed by atoms with Crippen LogP contribution in [0.2, 0.25) is 0 Å². The average Bonchev–Trinajstić information content (AvgIpc) is 2.28. The Balaban J connectivity index is 2.88. The van der Waals surface area contributed by atoms with Crippen molar-refractivity contribution in [3.63, 3.8) is 0 Å². The van der Waals surface area contributed by atoms with Crippen LogP contribution in [0.25, 0.3) is 0 Å². The van der Waals surface area contributed by atoms with E-state index in [1.54, 1.807) is 10.0 Å². The molecule has 4 heteroatoms. The summed E-state index contributed by atoms with van der Waals surface area (Å²) in [6.07, 6.45) is 3.85. The Kier molecular flexibility index (Phi) is 2.24. The lowest BCUT2D eigenvalue weighted by atomic mass is 9.87. The van der Waals surface area contributed by atoms with Gasteiger partial charge in [0, 0.05) is 13.2 Å². The predicted octanol–water partition coefficient (Wildman–Crippen LogP) is 1.16. The van der Waals surface area contributed by atoms with Gasteiger partial charge in [-0.25, -0.2) is 9.80 Å². The molecule has 0 aromatic heterocycles. The van der Waals surface area contributed by atoms with Crippen molar-refractivity contribution in [3.8, 4) is 0 Å². The largest absolute Gasteiger partial charge is 0.350 e. The Morgan fingerprint density at radius 1 is 1.46 bits per heavy atom. The van der Waals surface area contributed by atoms with Crippen LogP contribution in [0.5, 0.6) is 0 Å². The molecule has 0 aliphatic carbocycles. The maximum absolute atomic E-state index is 11.1. The molecule has 1 aliphatic heterocycles. The Labute approximate surface area is 79.0 Å². The molecule has 0 fully saturated rings. The van der Waals surface area contributed by atoms with Gasteiger partial charge in [-0.1, -0.05) is 20.8 Å². The maximum atomic E-state index is 11.1. The minimum absolute atomic E-state index is 0.0102. The number of primary amides is 1. The van der Waals surface area contributed by atoms with Crippen LogP contribution in [0, 0.1) is 5.41 Å². The van der Waals surface area contributed by atoms with Crippen LogP contribution in [-0.2, 0) is 0 Å². The monoisotopic (exact) mass is 183 g/mol. The standard InChI is InChI=1S/C9H17N3O/c1-9(2,3)7-5-6-11(4)12(7)8(10)13/h5-7H,1-4H3,(H2,10,13). The van der Waals surface area contributed by atoms with Crippen LogP contribution in [0.4, 0.5) is 4.79 Å². The summed E-state index contributed by atoms with van der Waals surface area (Å²) in [5, 5.41) is 3.28. The number of nitrogens with two attached hydrogens (primary N) is 1. The van der Waals surface area contributed by atoms with E-state index in [-0.39, 0.29) is 11.5 Å². The van der Waals surface area contributed by atoms with Gasteiger partial charge < -0.3 is 5.73 Å². The second-order valence-electron chi connectivity index (χ2n) is 4.41. The molecule has 0 aromatic rings. The second kappa shape index (κ2) is 2.94. The fourth-order valence-corrected chi connectivity index (χ4v) is 1.50. The van der Waals surface area contributed by atoms with Gasteiger partial charge in [0.1, 0.15) is 0 Å². The van der Waals surface area contributed by atoms with Gasteiger partial charge in [0.15, 0.2) is 0 Å². The first kappa shape index (κ1) is 9.89. The SMILES string of the molecule is CN1C=CC(C(C)(C)C)N1C(N)=O. The van der Waals surface area contributed by atoms with Crippen LogP contribution >= 0.6 is 0 Å². The molecule has 0 spiro atoms. The van der Waals surface area contributed by atoms with Gasteiger partial charge in [-0.05, 0) is 11.5 Å². The molecular weight excluding hydrogens is 166 g/mol. The van der Waals surface area contributed by atoms with Crippen molar-refractivity contribution in [2.75, 3.05) is 7.05 Å². The highest BCUT2D eigenvalue weighted by molar-refractivity contribution is 5.72. The fraction of sp³-hybridized carbons (Fsp3) is 0.667.